The molecule has 0 bridgehead atoms. The zero-order chi connectivity index (χ0) is 21.8. The van der Waals surface area contributed by atoms with Gasteiger partial charge in [0.2, 0.25) is 0 Å². The molecule has 8 heteroatoms. The standard InChI is InChI=1S/C22H23NO7/c1-5-28-22(26)15-10-23-21(25)19-14(9-18(24)30-20(15)19)13-6-7-16(17(8-13)27-4)29-11-12(2)3/h6-8,10,14H,2,5,9,11H2,1,3-4H3,(H,23,25)/t14-/m1/s1. The lowest BCUT2D eigenvalue weighted by Gasteiger charge is -2.25. The number of hydrogen-bond donors (Lipinski definition) is 1. The van der Waals surface area contributed by atoms with Crippen LogP contribution in [0.15, 0.2) is 41.3 Å². The predicted octanol–water partition coefficient (Wildman–Crippen LogP) is 2.96. The Morgan fingerprint density at radius 2 is 2.07 bits per heavy atom. The second-order valence-electron chi connectivity index (χ2n) is 6.88. The summed E-state index contributed by atoms with van der Waals surface area (Å²) < 4.78 is 21.4. The number of carbonyl (C=O) groups is 2. The minimum absolute atomic E-state index is 0.00197. The lowest BCUT2D eigenvalue weighted by atomic mass is 9.86. The van der Waals surface area contributed by atoms with E-state index in [-0.39, 0.29) is 29.9 Å². The Balaban J connectivity index is 2.08. The molecule has 0 radical (unpaired) electrons. The van der Waals surface area contributed by atoms with Crippen LogP contribution in [0.3, 0.4) is 0 Å². The Labute approximate surface area is 173 Å². The van der Waals surface area contributed by atoms with Crippen LogP contribution in [-0.4, -0.2) is 37.2 Å². The van der Waals surface area contributed by atoms with Crippen molar-refractivity contribution in [3.63, 3.8) is 0 Å². The first kappa shape index (κ1) is 21.2. The number of pyridine rings is 1. The highest BCUT2D eigenvalue weighted by atomic mass is 16.5. The Bertz CT molecular complexity index is 1050. The van der Waals surface area contributed by atoms with Crippen LogP contribution in [0.25, 0.3) is 0 Å². The van der Waals surface area contributed by atoms with Gasteiger partial charge in [0.25, 0.3) is 5.56 Å². The molecule has 1 N–H and O–H groups in total. The minimum Gasteiger partial charge on any atom is -0.493 e. The quantitative estimate of drug-likeness (QED) is 0.550. The zero-order valence-corrected chi connectivity index (χ0v) is 17.1. The van der Waals surface area contributed by atoms with Gasteiger partial charge in [0.15, 0.2) is 17.2 Å². The summed E-state index contributed by atoms with van der Waals surface area (Å²) in [6.07, 6.45) is 1.14. The smallest absolute Gasteiger partial charge is 0.343 e. The minimum atomic E-state index is -0.681. The van der Waals surface area contributed by atoms with Crippen molar-refractivity contribution in [2.75, 3.05) is 20.3 Å². The Morgan fingerprint density at radius 1 is 1.30 bits per heavy atom. The monoisotopic (exact) mass is 413 g/mol. The zero-order valence-electron chi connectivity index (χ0n) is 17.1. The number of ether oxygens (including phenoxy) is 4. The Kier molecular flexibility index (Phi) is 6.25. The van der Waals surface area contributed by atoms with E-state index in [1.165, 1.54) is 13.3 Å². The maximum Gasteiger partial charge on any atom is 0.343 e. The second kappa shape index (κ2) is 8.86. The first-order chi connectivity index (χ1) is 14.3. The van der Waals surface area contributed by atoms with Crippen LogP contribution in [0, 0.1) is 0 Å². The summed E-state index contributed by atoms with van der Waals surface area (Å²) in [5.74, 6) is -0.961. The third-order valence-corrected chi connectivity index (χ3v) is 4.58. The molecule has 1 aliphatic rings. The summed E-state index contributed by atoms with van der Waals surface area (Å²) in [5.41, 5.74) is 1.25. The highest BCUT2D eigenvalue weighted by molar-refractivity contribution is 5.94. The predicted molar refractivity (Wildman–Crippen MR) is 108 cm³/mol. The fourth-order valence-electron chi connectivity index (χ4n) is 3.25. The van der Waals surface area contributed by atoms with E-state index in [1.807, 2.05) is 6.92 Å². The van der Waals surface area contributed by atoms with Crippen LogP contribution in [0.2, 0.25) is 0 Å². The molecule has 158 valence electrons. The number of hydrogen-bond acceptors (Lipinski definition) is 7. The Hall–Kier alpha value is -3.55. The third kappa shape index (κ3) is 4.22. The van der Waals surface area contributed by atoms with Gasteiger partial charge in [-0.05, 0) is 37.1 Å². The van der Waals surface area contributed by atoms with Gasteiger partial charge in [-0.1, -0.05) is 12.6 Å². The van der Waals surface area contributed by atoms with E-state index in [0.29, 0.717) is 23.7 Å². The highest BCUT2D eigenvalue weighted by Crippen LogP contribution is 2.41. The van der Waals surface area contributed by atoms with Crippen molar-refractivity contribution in [3.8, 4) is 17.2 Å². The van der Waals surface area contributed by atoms with Crippen molar-refractivity contribution in [1.82, 2.24) is 4.98 Å². The average molecular weight is 413 g/mol. The summed E-state index contributed by atoms with van der Waals surface area (Å²) in [7, 11) is 1.50. The second-order valence-corrected chi connectivity index (χ2v) is 6.88. The molecular formula is C22H23NO7. The van der Waals surface area contributed by atoms with Crippen LogP contribution in [0.5, 0.6) is 17.2 Å². The van der Waals surface area contributed by atoms with Crippen LogP contribution < -0.4 is 19.8 Å². The maximum atomic E-state index is 12.6. The number of H-pyrrole nitrogens is 1. The van der Waals surface area contributed by atoms with E-state index in [4.69, 9.17) is 18.9 Å². The molecular weight excluding hydrogens is 390 g/mol. The van der Waals surface area contributed by atoms with E-state index in [1.54, 1.807) is 25.1 Å². The van der Waals surface area contributed by atoms with Crippen LogP contribution in [0.4, 0.5) is 0 Å². The number of esters is 2. The van der Waals surface area contributed by atoms with Gasteiger partial charge in [0.1, 0.15) is 12.2 Å². The van der Waals surface area contributed by atoms with E-state index in [2.05, 4.69) is 11.6 Å². The summed E-state index contributed by atoms with van der Waals surface area (Å²) >= 11 is 0. The highest BCUT2D eigenvalue weighted by Gasteiger charge is 2.35. The normalized spacial score (nSPS) is 15.0. The molecule has 1 aromatic heterocycles. The van der Waals surface area contributed by atoms with Crippen molar-refractivity contribution in [2.45, 2.75) is 26.2 Å². The maximum absolute atomic E-state index is 12.6. The molecule has 0 amide bonds. The van der Waals surface area contributed by atoms with Gasteiger partial charge in [0.05, 0.1) is 25.7 Å². The van der Waals surface area contributed by atoms with Crippen LogP contribution in [-0.2, 0) is 9.53 Å². The summed E-state index contributed by atoms with van der Waals surface area (Å²) in [6.45, 7) is 7.79. The molecule has 0 aliphatic carbocycles. The molecule has 1 atom stereocenters. The van der Waals surface area contributed by atoms with E-state index < -0.39 is 23.4 Å². The number of aromatic amines is 1. The number of rotatable bonds is 7. The van der Waals surface area contributed by atoms with E-state index in [9.17, 15) is 14.4 Å². The molecule has 2 heterocycles. The summed E-state index contributed by atoms with van der Waals surface area (Å²) in [6, 6.07) is 5.16. The number of nitrogens with one attached hydrogen (secondary N) is 1. The SMILES string of the molecule is C=C(C)COc1ccc([C@H]2CC(=O)Oc3c(C(=O)OCC)c[nH]c(=O)c32)cc1OC. The topological polar surface area (TPSA) is 104 Å². The van der Waals surface area contributed by atoms with Gasteiger partial charge in [-0.25, -0.2) is 4.79 Å². The van der Waals surface area contributed by atoms with Crippen molar-refractivity contribution in [3.05, 3.63) is 63.6 Å². The average Bonchev–Trinajstić information content (AvgIpc) is 2.71. The molecule has 0 fully saturated rings. The summed E-state index contributed by atoms with van der Waals surface area (Å²) in [4.78, 5) is 39.7. The fourth-order valence-corrected chi connectivity index (χ4v) is 3.25. The largest absolute Gasteiger partial charge is 0.493 e. The molecule has 0 spiro atoms. The first-order valence-electron chi connectivity index (χ1n) is 9.44. The molecule has 0 unspecified atom stereocenters. The van der Waals surface area contributed by atoms with E-state index in [0.717, 1.165) is 5.57 Å². The molecule has 2 aromatic rings. The van der Waals surface area contributed by atoms with Crippen molar-refractivity contribution in [2.24, 2.45) is 0 Å². The van der Waals surface area contributed by atoms with Crippen molar-refractivity contribution < 1.29 is 28.5 Å². The number of fused-ring (bicyclic) bond motifs is 1. The van der Waals surface area contributed by atoms with Gasteiger partial charge >= 0.3 is 11.9 Å². The van der Waals surface area contributed by atoms with Crippen molar-refractivity contribution in [1.29, 1.82) is 0 Å². The lowest BCUT2D eigenvalue weighted by molar-refractivity contribution is -0.135. The van der Waals surface area contributed by atoms with Gasteiger partial charge in [0, 0.05) is 12.1 Å². The molecule has 30 heavy (non-hydrogen) atoms. The molecule has 0 saturated heterocycles. The number of methoxy groups -OCH3 is 1. The molecule has 3 rings (SSSR count). The lowest BCUT2D eigenvalue weighted by Crippen LogP contribution is -2.30. The molecule has 1 aliphatic heterocycles. The van der Waals surface area contributed by atoms with E-state index >= 15 is 0 Å². The van der Waals surface area contributed by atoms with Crippen molar-refractivity contribution >= 4 is 11.9 Å². The summed E-state index contributed by atoms with van der Waals surface area (Å²) in [5, 5.41) is 0. The van der Waals surface area contributed by atoms with Crippen LogP contribution >= 0.6 is 0 Å². The van der Waals surface area contributed by atoms with Gasteiger partial charge in [-0.3, -0.25) is 9.59 Å². The molecule has 1 aromatic carbocycles. The van der Waals surface area contributed by atoms with Gasteiger partial charge < -0.3 is 23.9 Å². The first-order valence-corrected chi connectivity index (χ1v) is 9.44. The third-order valence-electron chi connectivity index (χ3n) is 4.58. The van der Waals surface area contributed by atoms with Crippen LogP contribution in [0.1, 0.15) is 47.7 Å². The number of benzene rings is 1. The molecule has 8 nitrogen and oxygen atoms in total. The fraction of sp³-hybridized carbons (Fsp3) is 0.318. The van der Waals surface area contributed by atoms with Gasteiger partial charge in [-0.2, -0.15) is 0 Å². The molecule has 0 saturated carbocycles. The Morgan fingerprint density at radius 3 is 2.73 bits per heavy atom. The number of carbonyl (C=O) groups excluding carboxylic acids is 2. The van der Waals surface area contributed by atoms with Gasteiger partial charge in [-0.15, -0.1) is 0 Å². The number of aromatic nitrogens is 1.